The molecule has 0 spiro atoms. The molecule has 0 atom stereocenters. The molecule has 1 heterocycles. The molecule has 0 saturated carbocycles. The lowest BCUT2D eigenvalue weighted by molar-refractivity contribution is 0.619. The number of benzene rings is 1. The summed E-state index contributed by atoms with van der Waals surface area (Å²) in [5.74, 6) is -0.208. The van der Waals surface area contributed by atoms with E-state index in [1.807, 2.05) is 12.1 Å². The minimum atomic E-state index is -0.208. The van der Waals surface area contributed by atoms with Crippen LogP contribution in [-0.2, 0) is 0 Å². The van der Waals surface area contributed by atoms with Gasteiger partial charge in [0.1, 0.15) is 11.0 Å². The van der Waals surface area contributed by atoms with Crippen LogP contribution in [0.5, 0.6) is 0 Å². The molecule has 3 heteroatoms. The molecule has 15 heavy (non-hydrogen) atoms. The van der Waals surface area contributed by atoms with Crippen molar-refractivity contribution in [3.05, 3.63) is 52.9 Å². The molecule has 0 radical (unpaired) electrons. The molecule has 1 nitrogen and oxygen atoms in total. The van der Waals surface area contributed by atoms with Crippen LogP contribution in [0.2, 0.25) is 5.15 Å². The van der Waals surface area contributed by atoms with Crippen LogP contribution in [0.25, 0.3) is 11.3 Å². The third-order valence-corrected chi connectivity index (χ3v) is 2.38. The largest absolute Gasteiger partial charge is 0.236 e. The number of aromatic nitrogens is 1. The first-order valence-electron chi connectivity index (χ1n) is 4.56. The number of halogens is 2. The zero-order valence-corrected chi connectivity index (χ0v) is 8.92. The molecule has 0 aliphatic heterocycles. The molecule has 0 fully saturated rings. The van der Waals surface area contributed by atoms with E-state index < -0.39 is 0 Å². The van der Waals surface area contributed by atoms with Crippen molar-refractivity contribution < 1.29 is 4.39 Å². The molecule has 0 aliphatic carbocycles. The highest BCUT2D eigenvalue weighted by molar-refractivity contribution is 6.29. The van der Waals surface area contributed by atoms with E-state index in [1.54, 1.807) is 25.1 Å². The zero-order valence-electron chi connectivity index (χ0n) is 8.17. The first-order chi connectivity index (χ1) is 7.16. The molecule has 76 valence electrons. The summed E-state index contributed by atoms with van der Waals surface area (Å²) in [6.45, 7) is 1.73. The van der Waals surface area contributed by atoms with Crippen molar-refractivity contribution in [3.63, 3.8) is 0 Å². The predicted molar refractivity (Wildman–Crippen MR) is 59.4 cm³/mol. The molecular weight excluding hydrogens is 213 g/mol. The van der Waals surface area contributed by atoms with E-state index in [2.05, 4.69) is 4.98 Å². The van der Waals surface area contributed by atoms with Crippen LogP contribution < -0.4 is 0 Å². The van der Waals surface area contributed by atoms with Crippen molar-refractivity contribution in [2.75, 3.05) is 0 Å². The quantitative estimate of drug-likeness (QED) is 0.667. The third kappa shape index (κ3) is 2.16. The Hall–Kier alpha value is -1.41. The van der Waals surface area contributed by atoms with E-state index in [9.17, 15) is 4.39 Å². The van der Waals surface area contributed by atoms with Gasteiger partial charge in [0.2, 0.25) is 0 Å². The van der Waals surface area contributed by atoms with Crippen molar-refractivity contribution in [1.82, 2.24) is 4.98 Å². The van der Waals surface area contributed by atoms with Crippen LogP contribution >= 0.6 is 11.6 Å². The van der Waals surface area contributed by atoms with Gasteiger partial charge in [-0.05, 0) is 42.8 Å². The summed E-state index contributed by atoms with van der Waals surface area (Å²) in [6, 6.07) is 10.3. The van der Waals surface area contributed by atoms with Gasteiger partial charge in [-0.1, -0.05) is 17.7 Å². The molecule has 0 saturated heterocycles. The Balaban J connectivity index is 2.50. The summed E-state index contributed by atoms with van der Waals surface area (Å²) in [5, 5.41) is 0.439. The molecule has 0 N–H and O–H groups in total. The second kappa shape index (κ2) is 3.99. The SMILES string of the molecule is Cc1cc(-c2cccc(Cl)n2)ccc1F. The molecule has 2 rings (SSSR count). The van der Waals surface area contributed by atoms with Crippen LogP contribution in [0.4, 0.5) is 4.39 Å². The van der Waals surface area contributed by atoms with Gasteiger partial charge in [-0.2, -0.15) is 0 Å². The maximum absolute atomic E-state index is 13.0. The van der Waals surface area contributed by atoms with Crippen LogP contribution in [0.3, 0.4) is 0 Å². The van der Waals surface area contributed by atoms with Gasteiger partial charge in [0, 0.05) is 5.56 Å². The number of rotatable bonds is 1. The number of hydrogen-bond acceptors (Lipinski definition) is 1. The normalized spacial score (nSPS) is 10.3. The summed E-state index contributed by atoms with van der Waals surface area (Å²) < 4.78 is 13.0. The Labute approximate surface area is 92.5 Å². The fraction of sp³-hybridized carbons (Fsp3) is 0.0833. The Morgan fingerprint density at radius 3 is 2.67 bits per heavy atom. The Morgan fingerprint density at radius 2 is 2.00 bits per heavy atom. The number of hydrogen-bond donors (Lipinski definition) is 0. The first kappa shape index (κ1) is 10.1. The van der Waals surface area contributed by atoms with E-state index in [1.165, 1.54) is 6.07 Å². The number of aryl methyl sites for hydroxylation is 1. The smallest absolute Gasteiger partial charge is 0.129 e. The van der Waals surface area contributed by atoms with E-state index in [0.717, 1.165) is 11.3 Å². The van der Waals surface area contributed by atoms with Gasteiger partial charge in [-0.15, -0.1) is 0 Å². The van der Waals surface area contributed by atoms with Gasteiger partial charge < -0.3 is 0 Å². The Bertz CT molecular complexity index is 497. The highest BCUT2D eigenvalue weighted by atomic mass is 35.5. The monoisotopic (exact) mass is 221 g/mol. The Kier molecular flexibility index (Phi) is 2.69. The average Bonchev–Trinajstić information content (AvgIpc) is 2.22. The minimum absolute atomic E-state index is 0.208. The molecule has 1 aromatic carbocycles. The lowest BCUT2D eigenvalue weighted by atomic mass is 10.1. The lowest BCUT2D eigenvalue weighted by Crippen LogP contribution is -1.87. The predicted octanol–water partition coefficient (Wildman–Crippen LogP) is 3.85. The molecule has 1 aromatic heterocycles. The molecule has 2 aromatic rings. The van der Waals surface area contributed by atoms with E-state index in [-0.39, 0.29) is 5.82 Å². The van der Waals surface area contributed by atoms with E-state index in [4.69, 9.17) is 11.6 Å². The van der Waals surface area contributed by atoms with Gasteiger partial charge >= 0.3 is 0 Å². The molecule has 0 bridgehead atoms. The van der Waals surface area contributed by atoms with Gasteiger partial charge in [-0.25, -0.2) is 9.37 Å². The standard InChI is InChI=1S/C12H9ClFN/c1-8-7-9(5-6-10(8)14)11-3-2-4-12(13)15-11/h2-7H,1H3. The third-order valence-electron chi connectivity index (χ3n) is 2.17. The second-order valence-corrected chi connectivity index (χ2v) is 3.70. The average molecular weight is 222 g/mol. The molecule has 0 aliphatic rings. The summed E-state index contributed by atoms with van der Waals surface area (Å²) >= 11 is 5.78. The highest BCUT2D eigenvalue weighted by Crippen LogP contribution is 2.21. The van der Waals surface area contributed by atoms with Crippen LogP contribution in [-0.4, -0.2) is 4.98 Å². The van der Waals surface area contributed by atoms with E-state index in [0.29, 0.717) is 10.7 Å². The number of nitrogens with zero attached hydrogens (tertiary/aromatic N) is 1. The van der Waals surface area contributed by atoms with Crippen LogP contribution in [0.1, 0.15) is 5.56 Å². The highest BCUT2D eigenvalue weighted by Gasteiger charge is 2.02. The summed E-state index contributed by atoms with van der Waals surface area (Å²) in [6.07, 6.45) is 0. The van der Waals surface area contributed by atoms with Crippen molar-refractivity contribution in [2.45, 2.75) is 6.92 Å². The first-order valence-corrected chi connectivity index (χ1v) is 4.94. The van der Waals surface area contributed by atoms with Gasteiger partial charge in [-0.3, -0.25) is 0 Å². The summed E-state index contributed by atoms with van der Waals surface area (Å²) in [7, 11) is 0. The van der Waals surface area contributed by atoms with Crippen molar-refractivity contribution >= 4 is 11.6 Å². The van der Waals surface area contributed by atoms with E-state index >= 15 is 0 Å². The van der Waals surface area contributed by atoms with Gasteiger partial charge in [0.05, 0.1) is 5.69 Å². The maximum atomic E-state index is 13.0. The summed E-state index contributed by atoms with van der Waals surface area (Å²) in [5.41, 5.74) is 2.23. The topological polar surface area (TPSA) is 12.9 Å². The fourth-order valence-corrected chi connectivity index (χ4v) is 1.54. The molecular formula is C12H9ClFN. The van der Waals surface area contributed by atoms with Gasteiger partial charge in [0.15, 0.2) is 0 Å². The van der Waals surface area contributed by atoms with Gasteiger partial charge in [0.25, 0.3) is 0 Å². The molecule has 0 amide bonds. The van der Waals surface area contributed by atoms with Crippen molar-refractivity contribution in [1.29, 1.82) is 0 Å². The van der Waals surface area contributed by atoms with Crippen LogP contribution in [0, 0.1) is 12.7 Å². The Morgan fingerprint density at radius 1 is 1.20 bits per heavy atom. The lowest BCUT2D eigenvalue weighted by Gasteiger charge is -2.03. The maximum Gasteiger partial charge on any atom is 0.129 e. The zero-order chi connectivity index (χ0) is 10.8. The van der Waals surface area contributed by atoms with Crippen LogP contribution in [0.15, 0.2) is 36.4 Å². The van der Waals surface area contributed by atoms with Crippen molar-refractivity contribution in [2.24, 2.45) is 0 Å². The summed E-state index contributed by atoms with van der Waals surface area (Å²) in [4.78, 5) is 4.16. The number of pyridine rings is 1. The fourth-order valence-electron chi connectivity index (χ4n) is 1.37. The second-order valence-electron chi connectivity index (χ2n) is 3.31. The minimum Gasteiger partial charge on any atom is -0.236 e. The van der Waals surface area contributed by atoms with Crippen molar-refractivity contribution in [3.8, 4) is 11.3 Å². The molecule has 0 unspecified atom stereocenters.